The van der Waals surface area contributed by atoms with Crippen LogP contribution in [-0.4, -0.2) is 5.11 Å². The Hall–Kier alpha value is -0.540. The van der Waals surface area contributed by atoms with E-state index in [1.54, 1.807) is 0 Å². The van der Waals surface area contributed by atoms with Crippen LogP contribution in [0.2, 0.25) is 0 Å². The lowest BCUT2D eigenvalue weighted by atomic mass is 9.93. The molecule has 0 aliphatic rings. The van der Waals surface area contributed by atoms with Crippen molar-refractivity contribution in [3.8, 4) is 5.75 Å². The fraction of sp³-hybridized carbons (Fsp3) is 0.500. The SMILES string of the molecule is CCC(N)c1c(C)c(Br)c(C)c(C)c1O. The van der Waals surface area contributed by atoms with Gasteiger partial charge in [-0.15, -0.1) is 0 Å². The molecular weight excluding hydrogens is 254 g/mol. The van der Waals surface area contributed by atoms with E-state index in [4.69, 9.17) is 5.73 Å². The zero-order chi connectivity index (χ0) is 11.7. The third-order valence-electron chi connectivity index (χ3n) is 3.05. The predicted octanol–water partition coefficient (Wildman–Crippen LogP) is 3.49. The Bertz CT molecular complexity index is 359. The first-order valence-electron chi connectivity index (χ1n) is 5.15. The summed E-state index contributed by atoms with van der Waals surface area (Å²) in [5, 5.41) is 10.1. The van der Waals surface area contributed by atoms with Crippen LogP contribution in [0.5, 0.6) is 5.75 Å². The van der Waals surface area contributed by atoms with Crippen molar-refractivity contribution in [3.05, 3.63) is 26.7 Å². The van der Waals surface area contributed by atoms with Gasteiger partial charge in [-0.05, 0) is 43.9 Å². The minimum absolute atomic E-state index is 0.0967. The fourth-order valence-electron chi connectivity index (χ4n) is 1.78. The summed E-state index contributed by atoms with van der Waals surface area (Å²) < 4.78 is 1.05. The van der Waals surface area contributed by atoms with E-state index in [-0.39, 0.29) is 6.04 Å². The van der Waals surface area contributed by atoms with Crippen LogP contribution < -0.4 is 5.73 Å². The normalized spacial score (nSPS) is 12.9. The highest BCUT2D eigenvalue weighted by Gasteiger charge is 2.18. The van der Waals surface area contributed by atoms with E-state index in [0.717, 1.165) is 33.1 Å². The Balaban J connectivity index is 3.52. The first-order chi connectivity index (χ1) is 6.91. The standard InChI is InChI=1S/C12H18BrNO/c1-5-9(14)10-8(4)11(13)6(2)7(3)12(10)15/h9,15H,5,14H2,1-4H3. The van der Waals surface area contributed by atoms with Gasteiger partial charge in [0.05, 0.1) is 0 Å². The molecule has 1 atom stereocenters. The molecule has 0 aromatic heterocycles. The highest BCUT2D eigenvalue weighted by Crippen LogP contribution is 2.38. The molecule has 1 rings (SSSR count). The highest BCUT2D eigenvalue weighted by molar-refractivity contribution is 9.10. The van der Waals surface area contributed by atoms with Crippen molar-refractivity contribution in [1.29, 1.82) is 0 Å². The lowest BCUT2D eigenvalue weighted by Crippen LogP contribution is -2.12. The Morgan fingerprint density at radius 3 is 2.20 bits per heavy atom. The van der Waals surface area contributed by atoms with Gasteiger partial charge in [0.2, 0.25) is 0 Å². The van der Waals surface area contributed by atoms with Crippen LogP contribution in [-0.2, 0) is 0 Å². The van der Waals surface area contributed by atoms with Gasteiger partial charge < -0.3 is 10.8 Å². The Kier molecular flexibility index (Phi) is 3.79. The van der Waals surface area contributed by atoms with Gasteiger partial charge in [-0.25, -0.2) is 0 Å². The quantitative estimate of drug-likeness (QED) is 0.865. The van der Waals surface area contributed by atoms with Crippen molar-refractivity contribution < 1.29 is 5.11 Å². The third-order valence-corrected chi connectivity index (χ3v) is 4.24. The van der Waals surface area contributed by atoms with Gasteiger partial charge in [-0.3, -0.25) is 0 Å². The highest BCUT2D eigenvalue weighted by atomic mass is 79.9. The van der Waals surface area contributed by atoms with Crippen LogP contribution in [0.25, 0.3) is 0 Å². The van der Waals surface area contributed by atoms with Crippen molar-refractivity contribution in [2.24, 2.45) is 5.73 Å². The first kappa shape index (κ1) is 12.5. The summed E-state index contributed by atoms with van der Waals surface area (Å²) in [6.45, 7) is 7.92. The number of phenols is 1. The molecule has 0 aliphatic carbocycles. The number of hydrogen-bond acceptors (Lipinski definition) is 2. The van der Waals surface area contributed by atoms with E-state index in [9.17, 15) is 5.11 Å². The molecular formula is C12H18BrNO. The van der Waals surface area contributed by atoms with Crippen molar-refractivity contribution in [3.63, 3.8) is 0 Å². The summed E-state index contributed by atoms with van der Waals surface area (Å²) in [5.74, 6) is 0.350. The molecule has 2 nitrogen and oxygen atoms in total. The molecule has 0 fully saturated rings. The average Bonchev–Trinajstić information content (AvgIpc) is 2.23. The van der Waals surface area contributed by atoms with Crippen LogP contribution in [0.4, 0.5) is 0 Å². The van der Waals surface area contributed by atoms with E-state index in [1.807, 2.05) is 27.7 Å². The third kappa shape index (κ3) is 2.04. The van der Waals surface area contributed by atoms with Crippen LogP contribution >= 0.6 is 15.9 Å². The number of hydrogen-bond donors (Lipinski definition) is 2. The lowest BCUT2D eigenvalue weighted by molar-refractivity contribution is 0.454. The van der Waals surface area contributed by atoms with Crippen molar-refractivity contribution in [1.82, 2.24) is 0 Å². The van der Waals surface area contributed by atoms with Crippen molar-refractivity contribution in [2.75, 3.05) is 0 Å². The first-order valence-corrected chi connectivity index (χ1v) is 5.94. The molecule has 84 valence electrons. The topological polar surface area (TPSA) is 46.2 Å². The molecule has 0 radical (unpaired) electrons. The number of benzene rings is 1. The number of aromatic hydroxyl groups is 1. The van der Waals surface area contributed by atoms with Gasteiger partial charge in [0.15, 0.2) is 0 Å². The maximum atomic E-state index is 10.1. The second-order valence-corrected chi connectivity index (χ2v) is 4.76. The van der Waals surface area contributed by atoms with E-state index >= 15 is 0 Å². The summed E-state index contributed by atoms with van der Waals surface area (Å²) in [4.78, 5) is 0. The maximum Gasteiger partial charge on any atom is 0.123 e. The molecule has 0 saturated carbocycles. The lowest BCUT2D eigenvalue weighted by Gasteiger charge is -2.20. The predicted molar refractivity (Wildman–Crippen MR) is 67.2 cm³/mol. The number of nitrogens with two attached hydrogens (primary N) is 1. The average molecular weight is 272 g/mol. The van der Waals surface area contributed by atoms with Crippen LogP contribution in [0.15, 0.2) is 4.47 Å². The molecule has 0 aliphatic heterocycles. The smallest absolute Gasteiger partial charge is 0.123 e. The van der Waals surface area contributed by atoms with Gasteiger partial charge >= 0.3 is 0 Å². The molecule has 3 N–H and O–H groups in total. The van der Waals surface area contributed by atoms with Gasteiger partial charge in [0, 0.05) is 16.1 Å². The Morgan fingerprint density at radius 2 is 1.73 bits per heavy atom. The molecule has 0 bridgehead atoms. The summed E-state index contributed by atoms with van der Waals surface area (Å²) in [7, 11) is 0. The number of halogens is 1. The Morgan fingerprint density at radius 1 is 1.20 bits per heavy atom. The van der Waals surface area contributed by atoms with Crippen molar-refractivity contribution >= 4 is 15.9 Å². The molecule has 0 heterocycles. The molecule has 0 spiro atoms. The summed E-state index contributed by atoms with van der Waals surface area (Å²) in [6, 6.07) is -0.0967. The minimum Gasteiger partial charge on any atom is -0.507 e. The van der Waals surface area contributed by atoms with E-state index in [1.165, 1.54) is 0 Å². The molecule has 15 heavy (non-hydrogen) atoms. The molecule has 1 aromatic rings. The molecule has 0 saturated heterocycles. The van der Waals surface area contributed by atoms with Crippen LogP contribution in [0, 0.1) is 20.8 Å². The van der Waals surface area contributed by atoms with Crippen LogP contribution in [0.1, 0.15) is 41.6 Å². The summed E-state index contributed by atoms with van der Waals surface area (Å²) in [6.07, 6.45) is 0.823. The zero-order valence-electron chi connectivity index (χ0n) is 9.69. The summed E-state index contributed by atoms with van der Waals surface area (Å²) >= 11 is 3.55. The molecule has 3 heteroatoms. The van der Waals surface area contributed by atoms with Gasteiger partial charge in [-0.2, -0.15) is 0 Å². The largest absolute Gasteiger partial charge is 0.507 e. The van der Waals surface area contributed by atoms with E-state index in [0.29, 0.717) is 5.75 Å². The van der Waals surface area contributed by atoms with E-state index in [2.05, 4.69) is 15.9 Å². The van der Waals surface area contributed by atoms with Gasteiger partial charge in [-0.1, -0.05) is 22.9 Å². The summed E-state index contributed by atoms with van der Waals surface area (Å²) in [5.41, 5.74) is 9.91. The van der Waals surface area contributed by atoms with Crippen LogP contribution in [0.3, 0.4) is 0 Å². The maximum absolute atomic E-state index is 10.1. The van der Waals surface area contributed by atoms with E-state index < -0.39 is 0 Å². The van der Waals surface area contributed by atoms with Crippen molar-refractivity contribution in [2.45, 2.75) is 40.2 Å². The molecule has 1 aromatic carbocycles. The van der Waals surface area contributed by atoms with Gasteiger partial charge in [0.1, 0.15) is 5.75 Å². The number of phenolic OH excluding ortho intramolecular Hbond substituents is 1. The monoisotopic (exact) mass is 271 g/mol. The fourth-order valence-corrected chi connectivity index (χ4v) is 2.29. The van der Waals surface area contributed by atoms with Gasteiger partial charge in [0.25, 0.3) is 0 Å². The minimum atomic E-state index is -0.0967. The second kappa shape index (κ2) is 4.54. The second-order valence-electron chi connectivity index (χ2n) is 3.97. The molecule has 0 amide bonds. The molecule has 1 unspecified atom stereocenters. The Labute approximate surface area is 99.6 Å². The number of rotatable bonds is 2. The zero-order valence-corrected chi connectivity index (χ0v) is 11.3.